The minimum absolute atomic E-state index is 0.0357. The number of hydrogen-bond donors (Lipinski definition) is 2. The van der Waals surface area contributed by atoms with E-state index in [0.29, 0.717) is 12.2 Å². The summed E-state index contributed by atoms with van der Waals surface area (Å²) >= 11 is 0. The van der Waals surface area contributed by atoms with Gasteiger partial charge >= 0.3 is 0 Å². The van der Waals surface area contributed by atoms with Gasteiger partial charge in [-0.25, -0.2) is 12.8 Å². The van der Waals surface area contributed by atoms with Crippen molar-refractivity contribution in [1.29, 1.82) is 0 Å². The van der Waals surface area contributed by atoms with Crippen molar-refractivity contribution in [1.82, 2.24) is 9.62 Å². The van der Waals surface area contributed by atoms with Crippen molar-refractivity contribution in [2.75, 3.05) is 33.4 Å². The number of amides is 1. The van der Waals surface area contributed by atoms with E-state index in [0.717, 1.165) is 15.4 Å². The number of nitrogens with one attached hydrogen (secondary N) is 1. The van der Waals surface area contributed by atoms with Gasteiger partial charge in [-0.3, -0.25) is 4.79 Å². The molecule has 2 atom stereocenters. The first-order valence-corrected chi connectivity index (χ1v) is 14.6. The number of sulfonamides is 1. The maximum atomic E-state index is 13.2. The number of hydrogen-bond acceptors (Lipinski definition) is 7. The second-order valence-corrected chi connectivity index (χ2v) is 11.3. The minimum Gasteiger partial charge on any atom is -0.497 e. The van der Waals surface area contributed by atoms with E-state index in [1.807, 2.05) is 30.3 Å². The van der Waals surface area contributed by atoms with Crippen molar-refractivity contribution in [2.45, 2.75) is 30.1 Å². The summed E-state index contributed by atoms with van der Waals surface area (Å²) in [5, 5.41) is 12.3. The third-order valence-corrected chi connectivity index (χ3v) is 8.48. The number of methoxy groups -OCH3 is 1. The zero-order valence-electron chi connectivity index (χ0n) is 22.6. The van der Waals surface area contributed by atoms with Crippen LogP contribution in [0.5, 0.6) is 5.75 Å². The largest absolute Gasteiger partial charge is 0.497 e. The number of halogens is 1. The summed E-state index contributed by atoms with van der Waals surface area (Å²) in [5.74, 6) is -0.395. The molecule has 1 amide bonds. The molecule has 0 fully saturated rings. The number of ether oxygens (including phenoxy) is 3. The molecule has 0 bridgehead atoms. The third-order valence-electron chi connectivity index (χ3n) is 6.57. The van der Waals surface area contributed by atoms with Crippen molar-refractivity contribution >= 4 is 15.9 Å². The van der Waals surface area contributed by atoms with Crippen LogP contribution in [0, 0.1) is 5.82 Å². The van der Waals surface area contributed by atoms with Crippen LogP contribution in [-0.4, -0.2) is 63.4 Å². The lowest BCUT2D eigenvalue weighted by molar-refractivity contribution is -0.146. The summed E-state index contributed by atoms with van der Waals surface area (Å²) in [6, 6.07) is 21.4. The molecule has 218 valence electrons. The van der Waals surface area contributed by atoms with Crippen LogP contribution in [0.4, 0.5) is 4.39 Å². The van der Waals surface area contributed by atoms with E-state index in [-0.39, 0.29) is 55.2 Å². The summed E-state index contributed by atoms with van der Waals surface area (Å²) in [6.45, 7) is -0.382. The second kappa shape index (κ2) is 14.2. The standard InChI is InChI=1S/C30H33FN2O7S/c1-38-26-11-13-27(14-12-26)41(36,37)33(15-17-34)16-18-39-29-20-24(23-5-3-2-4-6-23)19-28(40-29)30(35)32-21-22-7-9-25(31)10-8-22/h2-14,19,24,29,34H,15-18,20-21H2,1H3,(H,32,35). The molecule has 3 aromatic carbocycles. The predicted octanol–water partition coefficient (Wildman–Crippen LogP) is 3.56. The van der Waals surface area contributed by atoms with Crippen LogP contribution in [-0.2, 0) is 30.8 Å². The van der Waals surface area contributed by atoms with E-state index in [1.165, 1.54) is 31.4 Å². The van der Waals surface area contributed by atoms with Gasteiger partial charge in [0.05, 0.1) is 25.2 Å². The molecule has 11 heteroatoms. The number of carbonyl (C=O) groups excluding carboxylic acids is 1. The Morgan fingerprint density at radius 1 is 1.05 bits per heavy atom. The Hall–Kier alpha value is -3.77. The number of rotatable bonds is 13. The average Bonchev–Trinajstić information content (AvgIpc) is 3.00. The third kappa shape index (κ3) is 8.14. The van der Waals surface area contributed by atoms with Gasteiger partial charge in [0.1, 0.15) is 11.6 Å². The summed E-state index contributed by atoms with van der Waals surface area (Å²) in [5.41, 5.74) is 1.70. The molecule has 9 nitrogen and oxygen atoms in total. The van der Waals surface area contributed by atoms with E-state index in [9.17, 15) is 22.7 Å². The SMILES string of the molecule is COc1ccc(S(=O)(=O)N(CCO)CCOC2CC(c3ccccc3)C=C(C(=O)NCc3ccc(F)cc3)O2)cc1. The fourth-order valence-electron chi connectivity index (χ4n) is 4.37. The Balaban J connectivity index is 1.43. The first kappa shape index (κ1) is 30.2. The Bertz CT molecular complexity index is 1420. The zero-order valence-corrected chi connectivity index (χ0v) is 23.4. The van der Waals surface area contributed by atoms with Gasteiger partial charge in [0.2, 0.25) is 16.3 Å². The molecule has 0 spiro atoms. The van der Waals surface area contributed by atoms with E-state index in [1.54, 1.807) is 30.3 Å². The minimum atomic E-state index is -3.91. The van der Waals surface area contributed by atoms with Crippen LogP contribution in [0.25, 0.3) is 0 Å². The maximum Gasteiger partial charge on any atom is 0.286 e. The fourth-order valence-corrected chi connectivity index (χ4v) is 5.78. The maximum absolute atomic E-state index is 13.2. The smallest absolute Gasteiger partial charge is 0.286 e. The molecule has 2 unspecified atom stereocenters. The summed E-state index contributed by atoms with van der Waals surface area (Å²) < 4.78 is 57.7. The molecule has 1 heterocycles. The highest BCUT2D eigenvalue weighted by Gasteiger charge is 2.30. The molecule has 0 saturated carbocycles. The van der Waals surface area contributed by atoms with Crippen LogP contribution in [0.2, 0.25) is 0 Å². The monoisotopic (exact) mass is 584 g/mol. The molecule has 0 aromatic heterocycles. The van der Waals surface area contributed by atoms with Crippen LogP contribution in [0.15, 0.2) is 95.6 Å². The molecule has 1 aliphatic rings. The van der Waals surface area contributed by atoms with E-state index >= 15 is 0 Å². The Morgan fingerprint density at radius 2 is 1.76 bits per heavy atom. The van der Waals surface area contributed by atoms with Gasteiger partial charge in [-0.1, -0.05) is 42.5 Å². The van der Waals surface area contributed by atoms with Crippen LogP contribution < -0.4 is 10.1 Å². The normalized spacial score (nSPS) is 17.0. The summed E-state index contributed by atoms with van der Waals surface area (Å²) in [4.78, 5) is 13.1. The average molecular weight is 585 g/mol. The van der Waals surface area contributed by atoms with E-state index in [2.05, 4.69) is 5.32 Å². The molecular formula is C30H33FN2O7S. The number of allylic oxidation sites excluding steroid dienone is 1. The van der Waals surface area contributed by atoms with Gasteiger partial charge in [0, 0.05) is 32.0 Å². The topological polar surface area (TPSA) is 114 Å². The van der Waals surface area contributed by atoms with Gasteiger partial charge in [-0.05, 0) is 53.6 Å². The first-order valence-electron chi connectivity index (χ1n) is 13.1. The number of nitrogens with zero attached hydrogens (tertiary/aromatic N) is 1. The van der Waals surface area contributed by atoms with E-state index in [4.69, 9.17) is 14.2 Å². The molecule has 0 aliphatic carbocycles. The molecule has 4 rings (SSSR count). The fraction of sp³-hybridized carbons (Fsp3) is 0.300. The lowest BCUT2D eigenvalue weighted by Crippen LogP contribution is -2.38. The van der Waals surface area contributed by atoms with Crippen molar-refractivity contribution < 1.29 is 36.9 Å². The molecule has 1 aliphatic heterocycles. The second-order valence-electron chi connectivity index (χ2n) is 9.31. The molecule has 3 aromatic rings. The Morgan fingerprint density at radius 3 is 2.41 bits per heavy atom. The zero-order chi connectivity index (χ0) is 29.2. The molecule has 2 N–H and O–H groups in total. The molecular weight excluding hydrogens is 551 g/mol. The lowest BCUT2D eigenvalue weighted by Gasteiger charge is -2.30. The quantitative estimate of drug-likeness (QED) is 0.316. The highest BCUT2D eigenvalue weighted by Crippen LogP contribution is 2.31. The van der Waals surface area contributed by atoms with Gasteiger partial charge in [0.15, 0.2) is 5.76 Å². The Kier molecular flexibility index (Phi) is 10.5. The van der Waals surface area contributed by atoms with Crippen molar-refractivity contribution in [3.63, 3.8) is 0 Å². The molecule has 0 radical (unpaired) electrons. The first-order chi connectivity index (χ1) is 19.8. The van der Waals surface area contributed by atoms with Gasteiger partial charge < -0.3 is 24.6 Å². The predicted molar refractivity (Wildman–Crippen MR) is 150 cm³/mol. The molecule has 0 saturated heterocycles. The number of aliphatic hydroxyl groups is 1. The number of benzene rings is 3. The van der Waals surface area contributed by atoms with Crippen LogP contribution in [0.1, 0.15) is 23.5 Å². The molecule has 41 heavy (non-hydrogen) atoms. The Labute approximate surface area is 239 Å². The lowest BCUT2D eigenvalue weighted by atomic mass is 9.93. The highest BCUT2D eigenvalue weighted by atomic mass is 32.2. The van der Waals surface area contributed by atoms with Crippen molar-refractivity contribution in [2.24, 2.45) is 0 Å². The number of aliphatic hydroxyl groups excluding tert-OH is 1. The summed E-state index contributed by atoms with van der Waals surface area (Å²) in [7, 11) is -2.42. The highest BCUT2D eigenvalue weighted by molar-refractivity contribution is 7.89. The van der Waals surface area contributed by atoms with Crippen molar-refractivity contribution in [3.8, 4) is 5.75 Å². The van der Waals surface area contributed by atoms with Crippen LogP contribution >= 0.6 is 0 Å². The van der Waals surface area contributed by atoms with Gasteiger partial charge in [-0.15, -0.1) is 0 Å². The van der Waals surface area contributed by atoms with E-state index < -0.39 is 22.2 Å². The summed E-state index contributed by atoms with van der Waals surface area (Å²) in [6.07, 6.45) is 1.32. The number of carbonyl (C=O) groups is 1. The van der Waals surface area contributed by atoms with Crippen molar-refractivity contribution in [3.05, 3.63) is 108 Å². The van der Waals surface area contributed by atoms with Gasteiger partial charge in [0.25, 0.3) is 5.91 Å². The van der Waals surface area contributed by atoms with Gasteiger partial charge in [-0.2, -0.15) is 4.31 Å². The van der Waals surface area contributed by atoms with Crippen LogP contribution in [0.3, 0.4) is 0 Å².